The number of aliphatic carboxylic acids is 1. The van der Waals surface area contributed by atoms with Gasteiger partial charge in [-0.05, 0) is 83.5 Å². The number of esters is 2. The Kier molecular flexibility index (Phi) is 35.1. The van der Waals surface area contributed by atoms with Gasteiger partial charge in [-0.15, -0.1) is 0 Å². The standard InChI is InChI=1S/C44H68NO11P/c1-3-5-7-8-9-10-11-12-13-14-19-22-25-28-31-35-43(48)56-40(37-54-57(51,52)55-38-41(45)44(49)50)36-53-42(47)34-30-27-24-21-18-16-15-17-20-23-26-29-33-39(46)32-6-4-2/h5-7,9-10,12-13,15-16,19-24,26,29,32,39-41,46H,3-4,8,11,14,17-18,25,27-28,30-31,33-38,45H2,1-2H3,(H,49,50)(H,51,52)/b7-5-,10-9-,13-12-,16-15-,22-19-,23-20-,24-21-,29-26+,32-6-/t39?,40-,41+/m1/s1. The predicted octanol–water partition coefficient (Wildman–Crippen LogP) is 9.24. The summed E-state index contributed by atoms with van der Waals surface area (Å²) in [5.41, 5.74) is 5.31. The van der Waals surface area contributed by atoms with Crippen LogP contribution >= 0.6 is 7.82 Å². The highest BCUT2D eigenvalue weighted by Gasteiger charge is 2.28. The van der Waals surface area contributed by atoms with Crippen molar-refractivity contribution in [3.63, 3.8) is 0 Å². The average Bonchev–Trinajstić information content (AvgIpc) is 3.18. The SMILES string of the molecule is CC/C=C\C/C=C\C/C=C\C/C=C\CCCCC(=O)O[C@H](COC(=O)CCC/C=C\C/C=C\C/C=C\C=C\CC(O)/C=C\CC)COP(=O)(O)OC[C@H](N)C(=O)O. The number of phosphoric ester groups is 1. The van der Waals surface area contributed by atoms with E-state index in [0.717, 1.165) is 57.8 Å². The zero-order chi connectivity index (χ0) is 42.2. The van der Waals surface area contributed by atoms with E-state index in [0.29, 0.717) is 25.7 Å². The third-order valence-electron chi connectivity index (χ3n) is 7.59. The van der Waals surface area contributed by atoms with Crippen molar-refractivity contribution in [3.05, 3.63) is 109 Å². The Morgan fingerprint density at radius 2 is 1.14 bits per heavy atom. The lowest BCUT2D eigenvalue weighted by atomic mass is 10.2. The molecule has 0 aliphatic heterocycles. The van der Waals surface area contributed by atoms with Crippen molar-refractivity contribution in [1.29, 1.82) is 0 Å². The van der Waals surface area contributed by atoms with E-state index >= 15 is 0 Å². The molecule has 0 aliphatic rings. The summed E-state index contributed by atoms with van der Waals surface area (Å²) >= 11 is 0. The van der Waals surface area contributed by atoms with Gasteiger partial charge < -0.3 is 30.3 Å². The zero-order valence-electron chi connectivity index (χ0n) is 34.0. The van der Waals surface area contributed by atoms with E-state index in [1.54, 1.807) is 6.08 Å². The molecule has 0 saturated carbocycles. The van der Waals surface area contributed by atoms with Crippen LogP contribution < -0.4 is 5.73 Å². The second-order valence-electron chi connectivity index (χ2n) is 12.8. The van der Waals surface area contributed by atoms with Crippen molar-refractivity contribution in [3.8, 4) is 0 Å². The first-order valence-electron chi connectivity index (χ1n) is 20.0. The van der Waals surface area contributed by atoms with Crippen LogP contribution in [0.4, 0.5) is 0 Å². The largest absolute Gasteiger partial charge is 0.480 e. The van der Waals surface area contributed by atoms with E-state index in [-0.39, 0.29) is 12.8 Å². The molecule has 0 spiro atoms. The summed E-state index contributed by atoms with van der Waals surface area (Å²) in [5, 5.41) is 18.6. The molecule has 13 heteroatoms. The molecule has 0 fully saturated rings. The van der Waals surface area contributed by atoms with Crippen LogP contribution in [0.1, 0.15) is 110 Å². The first kappa shape index (κ1) is 53.1. The average molecular weight is 818 g/mol. The molecule has 0 radical (unpaired) electrons. The van der Waals surface area contributed by atoms with Crippen molar-refractivity contribution in [2.45, 2.75) is 128 Å². The number of carbonyl (C=O) groups excluding carboxylic acids is 2. The summed E-state index contributed by atoms with van der Waals surface area (Å²) in [5.74, 6) is -2.56. The second kappa shape index (κ2) is 37.7. The van der Waals surface area contributed by atoms with E-state index in [1.165, 1.54) is 0 Å². The molecule has 0 amide bonds. The molecule has 5 N–H and O–H groups in total. The van der Waals surface area contributed by atoms with Gasteiger partial charge >= 0.3 is 25.7 Å². The van der Waals surface area contributed by atoms with Gasteiger partial charge in [-0.25, -0.2) is 4.57 Å². The van der Waals surface area contributed by atoms with Gasteiger partial charge in [0.25, 0.3) is 0 Å². The van der Waals surface area contributed by atoms with E-state index in [1.807, 2.05) is 55.5 Å². The summed E-state index contributed by atoms with van der Waals surface area (Å²) < 4.78 is 32.5. The molecule has 0 saturated heterocycles. The Labute approximate surface area is 340 Å². The number of nitrogens with two attached hydrogens (primary N) is 1. The molecule has 0 bridgehead atoms. The van der Waals surface area contributed by atoms with Crippen molar-refractivity contribution >= 4 is 25.7 Å². The minimum atomic E-state index is -4.76. The van der Waals surface area contributed by atoms with Crippen molar-refractivity contribution in [2.75, 3.05) is 19.8 Å². The van der Waals surface area contributed by atoms with Crippen LogP contribution in [0.25, 0.3) is 0 Å². The van der Waals surface area contributed by atoms with Crippen LogP contribution in [0, 0.1) is 0 Å². The lowest BCUT2D eigenvalue weighted by molar-refractivity contribution is -0.161. The first-order valence-corrected chi connectivity index (χ1v) is 21.5. The van der Waals surface area contributed by atoms with Crippen LogP contribution in [0.3, 0.4) is 0 Å². The smallest absolute Gasteiger partial charge is 0.472 e. The van der Waals surface area contributed by atoms with Gasteiger partial charge in [0, 0.05) is 12.8 Å². The van der Waals surface area contributed by atoms with Gasteiger partial charge in [0.2, 0.25) is 0 Å². The number of carbonyl (C=O) groups is 3. The number of ether oxygens (including phenoxy) is 2. The van der Waals surface area contributed by atoms with E-state index < -0.39 is 63.8 Å². The lowest BCUT2D eigenvalue weighted by Crippen LogP contribution is -2.34. The molecule has 0 aromatic rings. The molecular weight excluding hydrogens is 749 g/mol. The van der Waals surface area contributed by atoms with Gasteiger partial charge in [0.15, 0.2) is 6.10 Å². The monoisotopic (exact) mass is 817 g/mol. The minimum Gasteiger partial charge on any atom is -0.480 e. The van der Waals surface area contributed by atoms with Gasteiger partial charge in [-0.1, -0.05) is 123 Å². The molecule has 2 unspecified atom stereocenters. The fourth-order valence-corrected chi connectivity index (χ4v) is 5.24. The van der Waals surface area contributed by atoms with Crippen LogP contribution in [-0.4, -0.2) is 71.1 Å². The van der Waals surface area contributed by atoms with Gasteiger partial charge in [0.1, 0.15) is 12.6 Å². The number of unbranched alkanes of at least 4 members (excludes halogenated alkanes) is 3. The number of hydrogen-bond acceptors (Lipinski definition) is 10. The first-order chi connectivity index (χ1) is 27.5. The number of aliphatic hydroxyl groups excluding tert-OH is 1. The molecule has 0 rings (SSSR count). The number of rotatable bonds is 35. The number of aliphatic hydroxyl groups is 1. The fourth-order valence-electron chi connectivity index (χ4n) is 4.46. The molecule has 320 valence electrons. The number of allylic oxidation sites excluding steroid dienone is 16. The molecule has 0 aromatic carbocycles. The Hall–Kier alpha value is -3.90. The number of hydrogen-bond donors (Lipinski definition) is 4. The number of phosphoric acid groups is 1. The summed E-state index contributed by atoms with van der Waals surface area (Å²) in [4.78, 5) is 45.8. The van der Waals surface area contributed by atoms with Gasteiger partial charge in [-0.3, -0.25) is 23.4 Å². The summed E-state index contributed by atoms with van der Waals surface area (Å²) in [7, 11) is -4.76. The van der Waals surface area contributed by atoms with E-state index in [2.05, 4.69) is 66.1 Å². The Morgan fingerprint density at radius 1 is 0.632 bits per heavy atom. The molecule has 57 heavy (non-hydrogen) atoms. The third-order valence-corrected chi connectivity index (χ3v) is 8.54. The van der Waals surface area contributed by atoms with Crippen LogP contribution in [-0.2, 0) is 37.5 Å². The van der Waals surface area contributed by atoms with Crippen molar-refractivity contribution < 1.29 is 52.6 Å². The van der Waals surface area contributed by atoms with Crippen LogP contribution in [0.2, 0.25) is 0 Å². The highest BCUT2D eigenvalue weighted by molar-refractivity contribution is 7.47. The summed E-state index contributed by atoms with van der Waals surface area (Å²) in [6, 6.07) is -1.55. The molecule has 12 nitrogen and oxygen atoms in total. The summed E-state index contributed by atoms with van der Waals surface area (Å²) in [6.07, 6.45) is 45.1. The van der Waals surface area contributed by atoms with Gasteiger partial charge in [-0.2, -0.15) is 0 Å². The third kappa shape index (κ3) is 37.4. The van der Waals surface area contributed by atoms with E-state index in [4.69, 9.17) is 24.8 Å². The molecule has 0 aliphatic carbocycles. The maximum atomic E-state index is 12.6. The topological polar surface area (TPSA) is 192 Å². The van der Waals surface area contributed by atoms with Crippen molar-refractivity contribution in [2.24, 2.45) is 5.73 Å². The molecule has 0 heterocycles. The highest BCUT2D eigenvalue weighted by Crippen LogP contribution is 2.43. The number of carboxylic acids is 1. The molecule has 0 aromatic heterocycles. The summed E-state index contributed by atoms with van der Waals surface area (Å²) in [6.45, 7) is 2.30. The molecular formula is C44H68NO11P. The van der Waals surface area contributed by atoms with Crippen LogP contribution in [0.15, 0.2) is 109 Å². The Balaban J connectivity index is 4.63. The Bertz CT molecular complexity index is 1390. The second-order valence-corrected chi connectivity index (χ2v) is 14.3. The lowest BCUT2D eigenvalue weighted by Gasteiger charge is -2.20. The van der Waals surface area contributed by atoms with Crippen molar-refractivity contribution in [1.82, 2.24) is 0 Å². The number of carboxylic acid groups (broad SMARTS) is 1. The fraction of sp³-hybridized carbons (Fsp3) is 0.523. The van der Waals surface area contributed by atoms with E-state index in [9.17, 15) is 28.9 Å². The van der Waals surface area contributed by atoms with Gasteiger partial charge in [0.05, 0.1) is 19.3 Å². The van der Waals surface area contributed by atoms with Crippen LogP contribution in [0.5, 0.6) is 0 Å². The highest BCUT2D eigenvalue weighted by atomic mass is 31.2. The maximum absolute atomic E-state index is 12.6. The minimum absolute atomic E-state index is 0.0808. The Morgan fingerprint density at radius 3 is 1.74 bits per heavy atom. The predicted molar refractivity (Wildman–Crippen MR) is 227 cm³/mol. The normalized spacial score (nSPS) is 15.5. The molecule has 4 atom stereocenters. The quantitative estimate of drug-likeness (QED) is 0.0156. The zero-order valence-corrected chi connectivity index (χ0v) is 34.9. The maximum Gasteiger partial charge on any atom is 0.472 e.